The van der Waals surface area contributed by atoms with E-state index >= 15 is 0 Å². The molecule has 1 aromatic carbocycles. The molecule has 116 valence electrons. The van der Waals surface area contributed by atoms with E-state index in [0.717, 1.165) is 25.1 Å². The fraction of sp³-hybridized carbons (Fsp3) is 0.588. The number of nitrogens with two attached hydrogens (primary N) is 1. The Balaban J connectivity index is 2.20. The number of piperidine rings is 1. The summed E-state index contributed by atoms with van der Waals surface area (Å²) in [5.74, 6) is 0.172. The molecule has 1 saturated heterocycles. The van der Waals surface area contributed by atoms with Gasteiger partial charge in [-0.25, -0.2) is 0 Å². The van der Waals surface area contributed by atoms with E-state index in [4.69, 9.17) is 5.73 Å². The number of nitrogens with zero attached hydrogens (tertiary/aromatic N) is 2. The summed E-state index contributed by atoms with van der Waals surface area (Å²) >= 11 is 0. The van der Waals surface area contributed by atoms with E-state index in [1.54, 1.807) is 0 Å². The summed E-state index contributed by atoms with van der Waals surface area (Å²) in [5.41, 5.74) is 7.19. The lowest BCUT2D eigenvalue weighted by atomic mass is 9.79. The van der Waals surface area contributed by atoms with Gasteiger partial charge in [-0.05, 0) is 31.5 Å². The monoisotopic (exact) mass is 289 g/mol. The van der Waals surface area contributed by atoms with Crippen LogP contribution < -0.4 is 5.73 Å². The average molecular weight is 289 g/mol. The molecule has 0 bridgehead atoms. The van der Waals surface area contributed by atoms with Crippen molar-refractivity contribution in [1.82, 2.24) is 9.80 Å². The zero-order valence-corrected chi connectivity index (χ0v) is 13.5. The molecule has 2 unspecified atom stereocenters. The van der Waals surface area contributed by atoms with Crippen LogP contribution in [-0.2, 0) is 4.79 Å². The first-order valence-corrected chi connectivity index (χ1v) is 7.58. The van der Waals surface area contributed by atoms with Gasteiger partial charge in [0.05, 0.1) is 0 Å². The lowest BCUT2D eigenvalue weighted by Crippen LogP contribution is -2.55. The highest BCUT2D eigenvalue weighted by Gasteiger charge is 2.38. The molecule has 21 heavy (non-hydrogen) atoms. The molecule has 0 saturated carbocycles. The quantitative estimate of drug-likeness (QED) is 0.924. The van der Waals surface area contributed by atoms with Gasteiger partial charge in [0.2, 0.25) is 5.91 Å². The number of benzene rings is 1. The summed E-state index contributed by atoms with van der Waals surface area (Å²) in [4.78, 5) is 16.9. The SMILES string of the molecule is CN(C)C(C(=O)N1CCC(N)C(C)(C)C1)c1ccccc1. The maximum atomic E-state index is 13.0. The van der Waals surface area contributed by atoms with Crippen LogP contribution in [0.2, 0.25) is 0 Å². The second-order valence-corrected chi connectivity index (χ2v) is 6.92. The summed E-state index contributed by atoms with van der Waals surface area (Å²) < 4.78 is 0. The normalized spacial score (nSPS) is 23.1. The molecule has 1 fully saturated rings. The molecule has 1 heterocycles. The van der Waals surface area contributed by atoms with Crippen molar-refractivity contribution in [3.05, 3.63) is 35.9 Å². The van der Waals surface area contributed by atoms with Gasteiger partial charge in [0.15, 0.2) is 0 Å². The predicted molar refractivity (Wildman–Crippen MR) is 85.8 cm³/mol. The van der Waals surface area contributed by atoms with Crippen LogP contribution in [0.1, 0.15) is 31.9 Å². The Hall–Kier alpha value is -1.39. The molecule has 1 aromatic rings. The van der Waals surface area contributed by atoms with Crippen molar-refractivity contribution in [2.24, 2.45) is 11.1 Å². The number of carbonyl (C=O) groups is 1. The van der Waals surface area contributed by atoms with Crippen molar-refractivity contribution in [2.75, 3.05) is 27.2 Å². The Morgan fingerprint density at radius 1 is 1.33 bits per heavy atom. The first-order chi connectivity index (χ1) is 9.83. The van der Waals surface area contributed by atoms with E-state index < -0.39 is 0 Å². The molecule has 2 atom stereocenters. The van der Waals surface area contributed by atoms with Gasteiger partial charge in [-0.3, -0.25) is 9.69 Å². The number of hydrogen-bond acceptors (Lipinski definition) is 3. The van der Waals surface area contributed by atoms with Crippen molar-refractivity contribution in [3.8, 4) is 0 Å². The maximum Gasteiger partial charge on any atom is 0.244 e. The van der Waals surface area contributed by atoms with Crippen molar-refractivity contribution in [1.29, 1.82) is 0 Å². The molecule has 4 heteroatoms. The molecule has 1 amide bonds. The maximum absolute atomic E-state index is 13.0. The van der Waals surface area contributed by atoms with Crippen molar-refractivity contribution in [2.45, 2.75) is 32.4 Å². The number of amides is 1. The lowest BCUT2D eigenvalue weighted by molar-refractivity contribution is -0.139. The summed E-state index contributed by atoms with van der Waals surface area (Å²) in [6, 6.07) is 9.91. The van der Waals surface area contributed by atoms with Crippen molar-refractivity contribution in [3.63, 3.8) is 0 Å². The fourth-order valence-electron chi connectivity index (χ4n) is 3.03. The summed E-state index contributed by atoms with van der Waals surface area (Å²) in [5, 5.41) is 0. The molecule has 1 aliphatic heterocycles. The topological polar surface area (TPSA) is 49.6 Å². The second-order valence-electron chi connectivity index (χ2n) is 6.92. The highest BCUT2D eigenvalue weighted by atomic mass is 16.2. The number of likely N-dealkylation sites (N-methyl/N-ethyl adjacent to an activating group) is 1. The van der Waals surface area contributed by atoms with E-state index in [-0.39, 0.29) is 23.4 Å². The van der Waals surface area contributed by atoms with Gasteiger partial charge < -0.3 is 10.6 Å². The number of likely N-dealkylation sites (tertiary alicyclic amines) is 1. The van der Waals surface area contributed by atoms with E-state index in [2.05, 4.69) is 13.8 Å². The highest BCUT2D eigenvalue weighted by molar-refractivity contribution is 5.83. The summed E-state index contributed by atoms with van der Waals surface area (Å²) in [7, 11) is 3.91. The van der Waals surface area contributed by atoms with Gasteiger partial charge in [0, 0.05) is 19.1 Å². The van der Waals surface area contributed by atoms with Crippen LogP contribution in [0.4, 0.5) is 0 Å². The van der Waals surface area contributed by atoms with Crippen LogP contribution in [-0.4, -0.2) is 48.9 Å². The average Bonchev–Trinajstić information content (AvgIpc) is 2.42. The molecular weight excluding hydrogens is 262 g/mol. The van der Waals surface area contributed by atoms with Crippen LogP contribution in [0.25, 0.3) is 0 Å². The Labute approximate surface area is 127 Å². The third-order valence-electron chi connectivity index (χ3n) is 4.49. The third kappa shape index (κ3) is 3.44. The minimum absolute atomic E-state index is 0.0263. The van der Waals surface area contributed by atoms with Crippen LogP contribution in [0.5, 0.6) is 0 Å². The molecule has 0 radical (unpaired) electrons. The Morgan fingerprint density at radius 2 is 1.95 bits per heavy atom. The van der Waals surface area contributed by atoms with E-state index in [1.165, 1.54) is 0 Å². The Kier molecular flexibility index (Phi) is 4.69. The molecular formula is C17H27N3O. The van der Waals surface area contributed by atoms with Crippen LogP contribution >= 0.6 is 0 Å². The zero-order chi connectivity index (χ0) is 15.6. The van der Waals surface area contributed by atoms with Gasteiger partial charge in [0.25, 0.3) is 0 Å². The minimum atomic E-state index is -0.226. The second kappa shape index (κ2) is 6.16. The molecule has 4 nitrogen and oxygen atoms in total. The first-order valence-electron chi connectivity index (χ1n) is 7.58. The number of carbonyl (C=O) groups excluding carboxylic acids is 1. The highest BCUT2D eigenvalue weighted by Crippen LogP contribution is 2.30. The molecule has 2 rings (SSSR count). The lowest BCUT2D eigenvalue weighted by Gasteiger charge is -2.44. The van der Waals surface area contributed by atoms with Gasteiger partial charge >= 0.3 is 0 Å². The number of hydrogen-bond donors (Lipinski definition) is 1. The van der Waals surface area contributed by atoms with Crippen LogP contribution in [0.15, 0.2) is 30.3 Å². The van der Waals surface area contributed by atoms with Crippen LogP contribution in [0.3, 0.4) is 0 Å². The Morgan fingerprint density at radius 3 is 2.48 bits per heavy atom. The van der Waals surface area contributed by atoms with E-state index in [9.17, 15) is 4.79 Å². The van der Waals surface area contributed by atoms with Gasteiger partial charge in [-0.15, -0.1) is 0 Å². The summed E-state index contributed by atoms with van der Waals surface area (Å²) in [6.45, 7) is 5.76. The van der Waals surface area contributed by atoms with Gasteiger partial charge in [-0.2, -0.15) is 0 Å². The molecule has 2 N–H and O–H groups in total. The molecule has 0 aromatic heterocycles. The molecule has 1 aliphatic rings. The smallest absolute Gasteiger partial charge is 0.244 e. The molecule has 0 aliphatic carbocycles. The standard InChI is InChI=1S/C17H27N3O/c1-17(2)12-20(11-10-14(17)18)16(21)15(19(3)4)13-8-6-5-7-9-13/h5-9,14-15H,10-12,18H2,1-4H3. The van der Waals surface area contributed by atoms with E-state index in [0.29, 0.717) is 0 Å². The fourth-order valence-corrected chi connectivity index (χ4v) is 3.03. The van der Waals surface area contributed by atoms with Crippen molar-refractivity contribution >= 4 is 5.91 Å². The first kappa shape index (κ1) is 16.0. The Bertz CT molecular complexity index is 484. The summed E-state index contributed by atoms with van der Waals surface area (Å²) in [6.07, 6.45) is 0.869. The van der Waals surface area contributed by atoms with Gasteiger partial charge in [-0.1, -0.05) is 44.2 Å². The van der Waals surface area contributed by atoms with E-state index in [1.807, 2.05) is 54.2 Å². The minimum Gasteiger partial charge on any atom is -0.340 e. The predicted octanol–water partition coefficient (Wildman–Crippen LogP) is 1.88. The van der Waals surface area contributed by atoms with Crippen molar-refractivity contribution < 1.29 is 4.79 Å². The van der Waals surface area contributed by atoms with Crippen LogP contribution in [0, 0.1) is 5.41 Å². The zero-order valence-electron chi connectivity index (χ0n) is 13.5. The third-order valence-corrected chi connectivity index (χ3v) is 4.49. The van der Waals surface area contributed by atoms with Gasteiger partial charge in [0.1, 0.15) is 6.04 Å². The number of rotatable bonds is 3. The molecule has 0 spiro atoms. The largest absolute Gasteiger partial charge is 0.340 e.